The Bertz CT molecular complexity index is 430. The quantitative estimate of drug-likeness (QED) is 0.405. The SMILES string of the molecule is COc1cc(OC)c(C(=O)CCC(C)P)c(OC)c1.[H-].[Li+]. The van der Waals surface area contributed by atoms with E-state index in [1.165, 1.54) is 14.2 Å². The maximum Gasteiger partial charge on any atom is 1.00 e. The van der Waals surface area contributed by atoms with Crippen molar-refractivity contribution < 1.29 is 39.3 Å². The molecule has 0 aliphatic carbocycles. The summed E-state index contributed by atoms with van der Waals surface area (Å²) in [5.74, 6) is 1.59. The van der Waals surface area contributed by atoms with Gasteiger partial charge in [-0.3, -0.25) is 4.79 Å². The van der Waals surface area contributed by atoms with Gasteiger partial charge in [0, 0.05) is 18.6 Å². The summed E-state index contributed by atoms with van der Waals surface area (Å²) in [6.07, 6.45) is 1.27. The van der Waals surface area contributed by atoms with Crippen molar-refractivity contribution in [3.8, 4) is 17.2 Å². The minimum absolute atomic E-state index is 0. The fraction of sp³-hybridized carbons (Fsp3) is 0.500. The van der Waals surface area contributed by atoms with Gasteiger partial charge in [0.2, 0.25) is 0 Å². The monoisotopic (exact) mass is 292 g/mol. The first kappa shape index (κ1) is 19.3. The molecule has 0 aromatic heterocycles. The number of rotatable bonds is 7. The van der Waals surface area contributed by atoms with Crippen LogP contribution in [-0.4, -0.2) is 32.8 Å². The summed E-state index contributed by atoms with van der Waals surface area (Å²) in [7, 11) is 7.31. The zero-order chi connectivity index (χ0) is 14.4. The number of benzene rings is 1. The van der Waals surface area contributed by atoms with Gasteiger partial charge in [0.15, 0.2) is 5.78 Å². The topological polar surface area (TPSA) is 44.8 Å². The molecule has 20 heavy (non-hydrogen) atoms. The van der Waals surface area contributed by atoms with E-state index in [1.807, 2.05) is 0 Å². The van der Waals surface area contributed by atoms with Gasteiger partial charge in [-0.15, -0.1) is 9.24 Å². The first-order valence-corrected chi connectivity index (χ1v) is 6.79. The molecular formula is C14H22LiO4P. The zero-order valence-corrected chi connectivity index (χ0v) is 14.0. The van der Waals surface area contributed by atoms with Gasteiger partial charge in [0.25, 0.3) is 0 Å². The van der Waals surface area contributed by atoms with Crippen molar-refractivity contribution in [1.29, 1.82) is 0 Å². The van der Waals surface area contributed by atoms with E-state index in [-0.39, 0.29) is 26.1 Å². The minimum Gasteiger partial charge on any atom is -1.00 e. The number of Topliss-reactive ketones (excluding diaryl/α,β-unsaturated/α-hetero) is 1. The van der Waals surface area contributed by atoms with Gasteiger partial charge in [0.1, 0.15) is 22.8 Å². The molecular weight excluding hydrogens is 270 g/mol. The molecule has 0 amide bonds. The Morgan fingerprint density at radius 2 is 1.70 bits per heavy atom. The number of ketones is 1. The molecule has 0 heterocycles. The van der Waals surface area contributed by atoms with Crippen LogP contribution in [0.4, 0.5) is 0 Å². The average molecular weight is 292 g/mol. The Morgan fingerprint density at radius 3 is 2.05 bits per heavy atom. The Kier molecular flexibility index (Phi) is 8.97. The summed E-state index contributed by atoms with van der Waals surface area (Å²) in [6.45, 7) is 2.06. The minimum atomic E-state index is 0. The number of hydrogen-bond acceptors (Lipinski definition) is 4. The molecule has 2 unspecified atom stereocenters. The van der Waals surface area contributed by atoms with Crippen LogP contribution in [0.15, 0.2) is 12.1 Å². The van der Waals surface area contributed by atoms with E-state index in [1.54, 1.807) is 19.2 Å². The van der Waals surface area contributed by atoms with Crippen molar-refractivity contribution in [1.82, 2.24) is 0 Å². The molecule has 0 N–H and O–H groups in total. The molecule has 0 spiro atoms. The average Bonchev–Trinajstić information content (AvgIpc) is 2.42. The molecule has 0 aliphatic rings. The summed E-state index contributed by atoms with van der Waals surface area (Å²) in [5, 5.41) is 0. The Morgan fingerprint density at radius 1 is 1.20 bits per heavy atom. The molecule has 0 aliphatic heterocycles. The van der Waals surface area contributed by atoms with Gasteiger partial charge in [-0.1, -0.05) is 6.92 Å². The second-order valence-electron chi connectivity index (χ2n) is 4.35. The van der Waals surface area contributed by atoms with E-state index < -0.39 is 0 Å². The maximum absolute atomic E-state index is 12.3. The number of hydrogen-bond donors (Lipinski definition) is 0. The number of carbonyl (C=O) groups is 1. The number of carbonyl (C=O) groups excluding carboxylic acids is 1. The smallest absolute Gasteiger partial charge is 1.00 e. The van der Waals surface area contributed by atoms with E-state index in [0.29, 0.717) is 34.9 Å². The van der Waals surface area contributed by atoms with Crippen LogP contribution in [0.25, 0.3) is 0 Å². The molecule has 1 rings (SSSR count). The normalized spacial score (nSPS) is 11.2. The van der Waals surface area contributed by atoms with Crippen LogP contribution >= 0.6 is 9.24 Å². The van der Waals surface area contributed by atoms with E-state index in [2.05, 4.69) is 16.2 Å². The molecule has 0 fully saturated rings. The molecule has 0 saturated carbocycles. The molecule has 108 valence electrons. The standard InChI is InChI=1S/C14H21O4P.Li.H/c1-9(19)5-6-11(15)14-12(17-3)7-10(16-2)8-13(14)18-4;;/h7-9H,5-6,19H2,1-4H3;;/q;+1;-1. The first-order valence-electron chi connectivity index (χ1n) is 6.12. The summed E-state index contributed by atoms with van der Waals surface area (Å²) in [5.41, 5.74) is 0.885. The number of ether oxygens (including phenoxy) is 3. The van der Waals surface area contributed by atoms with Crippen LogP contribution in [-0.2, 0) is 0 Å². The largest absolute Gasteiger partial charge is 1.00 e. The van der Waals surface area contributed by atoms with E-state index >= 15 is 0 Å². The fourth-order valence-corrected chi connectivity index (χ4v) is 1.93. The first-order chi connectivity index (χ1) is 9.03. The molecule has 2 atom stereocenters. The van der Waals surface area contributed by atoms with Crippen LogP contribution in [0.5, 0.6) is 17.2 Å². The zero-order valence-electron chi connectivity index (χ0n) is 13.9. The second-order valence-corrected chi connectivity index (χ2v) is 5.48. The molecule has 0 saturated heterocycles. The summed E-state index contributed by atoms with van der Waals surface area (Å²) >= 11 is 0. The van der Waals surface area contributed by atoms with Crippen molar-refractivity contribution >= 4 is 15.0 Å². The Hall–Kier alpha value is -0.683. The second kappa shape index (κ2) is 9.29. The van der Waals surface area contributed by atoms with Crippen molar-refractivity contribution in [3.63, 3.8) is 0 Å². The molecule has 1 aromatic carbocycles. The van der Waals surface area contributed by atoms with Crippen LogP contribution in [0, 0.1) is 0 Å². The van der Waals surface area contributed by atoms with Gasteiger partial charge >= 0.3 is 18.9 Å². The van der Waals surface area contributed by atoms with Gasteiger partial charge < -0.3 is 15.6 Å². The number of methoxy groups -OCH3 is 3. The van der Waals surface area contributed by atoms with Gasteiger partial charge in [0.05, 0.1) is 21.3 Å². The summed E-state index contributed by atoms with van der Waals surface area (Å²) in [6, 6.07) is 3.39. The van der Waals surface area contributed by atoms with Gasteiger partial charge in [-0.2, -0.15) is 0 Å². The van der Waals surface area contributed by atoms with Crippen molar-refractivity contribution in [3.05, 3.63) is 17.7 Å². The molecule has 0 radical (unpaired) electrons. The predicted molar refractivity (Wildman–Crippen MR) is 79.9 cm³/mol. The molecule has 1 aromatic rings. The van der Waals surface area contributed by atoms with Crippen LogP contribution in [0.3, 0.4) is 0 Å². The fourth-order valence-electron chi connectivity index (χ4n) is 1.76. The predicted octanol–water partition coefficient (Wildman–Crippen LogP) is 0.0554. The molecule has 4 nitrogen and oxygen atoms in total. The third-order valence-corrected chi connectivity index (χ3v) is 3.15. The van der Waals surface area contributed by atoms with Gasteiger partial charge in [-0.25, -0.2) is 0 Å². The van der Waals surface area contributed by atoms with Crippen LogP contribution in [0.1, 0.15) is 31.6 Å². The van der Waals surface area contributed by atoms with Crippen LogP contribution < -0.4 is 33.1 Å². The van der Waals surface area contributed by atoms with E-state index in [0.717, 1.165) is 6.42 Å². The summed E-state index contributed by atoms with van der Waals surface area (Å²) < 4.78 is 15.7. The van der Waals surface area contributed by atoms with Crippen molar-refractivity contribution in [2.75, 3.05) is 21.3 Å². The van der Waals surface area contributed by atoms with E-state index in [9.17, 15) is 4.79 Å². The van der Waals surface area contributed by atoms with Crippen molar-refractivity contribution in [2.45, 2.75) is 25.4 Å². The van der Waals surface area contributed by atoms with E-state index in [4.69, 9.17) is 14.2 Å². The van der Waals surface area contributed by atoms with Crippen LogP contribution in [0.2, 0.25) is 0 Å². The third-order valence-electron chi connectivity index (χ3n) is 2.82. The van der Waals surface area contributed by atoms with Gasteiger partial charge in [-0.05, 0) is 12.1 Å². The van der Waals surface area contributed by atoms with Crippen molar-refractivity contribution in [2.24, 2.45) is 0 Å². The maximum atomic E-state index is 12.3. The summed E-state index contributed by atoms with van der Waals surface area (Å²) in [4.78, 5) is 12.3. The molecule has 6 heteroatoms. The Labute approximate surface area is 136 Å². The molecule has 0 bridgehead atoms. The third kappa shape index (κ3) is 5.02. The Balaban J connectivity index is 0.